The number of fused-ring (bicyclic) bond motifs is 1. The number of aromatic nitrogens is 1. The molecule has 1 aromatic carbocycles. The number of nitrogens with zero attached hydrogens (tertiary/aromatic N) is 1. The number of para-hydroxylation sites is 1. The summed E-state index contributed by atoms with van der Waals surface area (Å²) >= 11 is 3.34. The van der Waals surface area contributed by atoms with Crippen molar-refractivity contribution in [2.45, 2.75) is 12.5 Å². The van der Waals surface area contributed by atoms with Crippen molar-refractivity contribution >= 4 is 21.7 Å². The maximum absolute atomic E-state index is 12.0. The topological polar surface area (TPSA) is 39.2 Å². The van der Waals surface area contributed by atoms with E-state index in [-0.39, 0.29) is 11.9 Å². The van der Waals surface area contributed by atoms with Crippen LogP contribution in [0.5, 0.6) is 5.75 Å². The molecule has 3 rings (SSSR count). The van der Waals surface area contributed by atoms with E-state index in [0.29, 0.717) is 17.7 Å². The van der Waals surface area contributed by atoms with E-state index in [1.165, 1.54) is 0 Å². The van der Waals surface area contributed by atoms with Crippen LogP contribution in [-0.4, -0.2) is 10.8 Å². The van der Waals surface area contributed by atoms with Gasteiger partial charge in [-0.05, 0) is 40.2 Å². The van der Waals surface area contributed by atoms with E-state index < -0.39 is 0 Å². The second-order valence-electron chi connectivity index (χ2n) is 4.13. The molecular weight excluding hydrogens is 294 g/mol. The molecule has 0 bridgehead atoms. The fourth-order valence-electron chi connectivity index (χ4n) is 2.02. The van der Waals surface area contributed by atoms with Crippen LogP contribution in [0, 0.1) is 0 Å². The molecule has 4 heteroatoms. The summed E-state index contributed by atoms with van der Waals surface area (Å²) in [6.45, 7) is 0. The highest BCUT2D eigenvalue weighted by Gasteiger charge is 2.27. The molecule has 1 aliphatic heterocycles. The minimum Gasteiger partial charge on any atom is -0.483 e. The Bertz CT molecular complexity index is 595. The molecule has 1 atom stereocenters. The molecular formula is C14H10BrNO2. The van der Waals surface area contributed by atoms with Gasteiger partial charge in [-0.25, -0.2) is 0 Å². The van der Waals surface area contributed by atoms with Crippen LogP contribution in [0.15, 0.2) is 47.1 Å². The lowest BCUT2D eigenvalue weighted by atomic mass is 9.99. The van der Waals surface area contributed by atoms with Crippen LogP contribution in [0.2, 0.25) is 0 Å². The van der Waals surface area contributed by atoms with Gasteiger partial charge < -0.3 is 4.74 Å². The average Bonchev–Trinajstić information content (AvgIpc) is 2.39. The fraction of sp³-hybridized carbons (Fsp3) is 0.143. The lowest BCUT2D eigenvalue weighted by Gasteiger charge is -2.24. The number of rotatable bonds is 1. The first-order valence-electron chi connectivity index (χ1n) is 5.64. The third-order valence-corrected chi connectivity index (χ3v) is 3.38. The van der Waals surface area contributed by atoms with Crippen LogP contribution in [0.25, 0.3) is 0 Å². The number of carbonyl (C=O) groups is 1. The number of hydrogen-bond donors (Lipinski definition) is 0. The van der Waals surface area contributed by atoms with E-state index in [1.807, 2.05) is 30.3 Å². The first-order valence-corrected chi connectivity index (χ1v) is 6.43. The number of carbonyl (C=O) groups excluding carboxylic acids is 1. The van der Waals surface area contributed by atoms with E-state index in [2.05, 4.69) is 20.9 Å². The monoisotopic (exact) mass is 303 g/mol. The van der Waals surface area contributed by atoms with Crippen molar-refractivity contribution in [3.63, 3.8) is 0 Å². The Kier molecular flexibility index (Phi) is 2.88. The SMILES string of the molecule is O=C1C[C@@H](c2ccc(Br)cn2)Oc2ccccc21. The molecule has 1 aromatic heterocycles. The van der Waals surface area contributed by atoms with Crippen LogP contribution >= 0.6 is 15.9 Å². The quantitative estimate of drug-likeness (QED) is 0.809. The Morgan fingerprint density at radius 3 is 2.83 bits per heavy atom. The largest absolute Gasteiger partial charge is 0.483 e. The van der Waals surface area contributed by atoms with E-state index >= 15 is 0 Å². The molecule has 18 heavy (non-hydrogen) atoms. The van der Waals surface area contributed by atoms with Gasteiger partial charge in [0.2, 0.25) is 0 Å². The Labute approximate surface area is 113 Å². The smallest absolute Gasteiger partial charge is 0.170 e. The number of benzene rings is 1. The van der Waals surface area contributed by atoms with Gasteiger partial charge in [-0.3, -0.25) is 9.78 Å². The van der Waals surface area contributed by atoms with Gasteiger partial charge in [0.25, 0.3) is 0 Å². The van der Waals surface area contributed by atoms with Crippen LogP contribution in [-0.2, 0) is 0 Å². The Balaban J connectivity index is 1.94. The van der Waals surface area contributed by atoms with E-state index in [4.69, 9.17) is 4.74 Å². The molecule has 0 saturated carbocycles. The molecule has 3 nitrogen and oxygen atoms in total. The van der Waals surface area contributed by atoms with Gasteiger partial charge in [0.1, 0.15) is 11.9 Å². The summed E-state index contributed by atoms with van der Waals surface area (Å²) < 4.78 is 6.74. The molecule has 90 valence electrons. The Morgan fingerprint density at radius 2 is 2.06 bits per heavy atom. The van der Waals surface area contributed by atoms with Crippen molar-refractivity contribution in [2.24, 2.45) is 0 Å². The third-order valence-electron chi connectivity index (χ3n) is 2.91. The maximum Gasteiger partial charge on any atom is 0.170 e. The molecule has 0 saturated heterocycles. The lowest BCUT2D eigenvalue weighted by molar-refractivity contribution is 0.0845. The second kappa shape index (κ2) is 4.53. The zero-order valence-corrected chi connectivity index (χ0v) is 11.1. The molecule has 1 aliphatic rings. The van der Waals surface area contributed by atoms with Gasteiger partial charge in [0, 0.05) is 10.7 Å². The Morgan fingerprint density at radius 1 is 1.22 bits per heavy atom. The summed E-state index contributed by atoms with van der Waals surface area (Å²) in [5.41, 5.74) is 1.44. The molecule has 0 aliphatic carbocycles. The number of Topliss-reactive ketones (excluding diaryl/α,β-unsaturated/α-hetero) is 1. The van der Waals surface area contributed by atoms with Crippen molar-refractivity contribution in [1.29, 1.82) is 0 Å². The van der Waals surface area contributed by atoms with Crippen LogP contribution < -0.4 is 4.74 Å². The normalized spacial score (nSPS) is 18.1. The first kappa shape index (κ1) is 11.4. The van der Waals surface area contributed by atoms with E-state index in [1.54, 1.807) is 12.3 Å². The summed E-state index contributed by atoms with van der Waals surface area (Å²) in [7, 11) is 0. The molecule has 2 heterocycles. The molecule has 0 fully saturated rings. The number of ketones is 1. The Hall–Kier alpha value is -1.68. The average molecular weight is 304 g/mol. The second-order valence-corrected chi connectivity index (χ2v) is 5.05. The van der Waals surface area contributed by atoms with Gasteiger partial charge in [0.05, 0.1) is 17.7 Å². The lowest BCUT2D eigenvalue weighted by Crippen LogP contribution is -2.20. The van der Waals surface area contributed by atoms with E-state index in [9.17, 15) is 4.79 Å². The van der Waals surface area contributed by atoms with Crippen molar-refractivity contribution in [2.75, 3.05) is 0 Å². The van der Waals surface area contributed by atoms with Gasteiger partial charge in [0.15, 0.2) is 5.78 Å². The zero-order valence-electron chi connectivity index (χ0n) is 9.47. The highest BCUT2D eigenvalue weighted by molar-refractivity contribution is 9.10. The first-order chi connectivity index (χ1) is 8.74. The molecule has 0 amide bonds. The van der Waals surface area contributed by atoms with Gasteiger partial charge in [-0.2, -0.15) is 0 Å². The van der Waals surface area contributed by atoms with Crippen molar-refractivity contribution < 1.29 is 9.53 Å². The van der Waals surface area contributed by atoms with Gasteiger partial charge in [-0.15, -0.1) is 0 Å². The number of pyridine rings is 1. The number of halogens is 1. The highest BCUT2D eigenvalue weighted by atomic mass is 79.9. The zero-order chi connectivity index (χ0) is 12.5. The third kappa shape index (κ3) is 2.04. The van der Waals surface area contributed by atoms with Crippen molar-refractivity contribution in [3.8, 4) is 5.75 Å². The minimum atomic E-state index is -0.291. The van der Waals surface area contributed by atoms with Gasteiger partial charge in [-0.1, -0.05) is 12.1 Å². The molecule has 0 spiro atoms. The summed E-state index contributed by atoms with van der Waals surface area (Å²) in [5, 5.41) is 0. The number of ether oxygens (including phenoxy) is 1. The van der Waals surface area contributed by atoms with Gasteiger partial charge >= 0.3 is 0 Å². The standard InChI is InChI=1S/C14H10BrNO2/c15-9-5-6-11(16-8-9)14-7-12(17)10-3-1-2-4-13(10)18-14/h1-6,8,14H,7H2/t14-/m0/s1. The summed E-state index contributed by atoms with van der Waals surface area (Å²) in [6, 6.07) is 11.1. The summed E-state index contributed by atoms with van der Waals surface area (Å²) in [4.78, 5) is 16.3. The highest BCUT2D eigenvalue weighted by Crippen LogP contribution is 2.33. The predicted molar refractivity (Wildman–Crippen MR) is 70.7 cm³/mol. The summed E-state index contributed by atoms with van der Waals surface area (Å²) in [6.07, 6.45) is 1.76. The van der Waals surface area contributed by atoms with Crippen LogP contribution in [0.3, 0.4) is 0 Å². The molecule has 0 radical (unpaired) electrons. The number of hydrogen-bond acceptors (Lipinski definition) is 3. The van der Waals surface area contributed by atoms with Crippen molar-refractivity contribution in [3.05, 3.63) is 58.3 Å². The molecule has 2 aromatic rings. The molecule has 0 unspecified atom stereocenters. The summed E-state index contributed by atoms with van der Waals surface area (Å²) in [5.74, 6) is 0.745. The van der Waals surface area contributed by atoms with Crippen LogP contribution in [0.4, 0.5) is 0 Å². The van der Waals surface area contributed by atoms with Crippen molar-refractivity contribution in [1.82, 2.24) is 4.98 Å². The fourth-order valence-corrected chi connectivity index (χ4v) is 2.25. The predicted octanol–water partition coefficient (Wildman–Crippen LogP) is 3.55. The van der Waals surface area contributed by atoms with Crippen LogP contribution in [0.1, 0.15) is 28.6 Å². The minimum absolute atomic E-state index is 0.103. The maximum atomic E-state index is 12.0. The van der Waals surface area contributed by atoms with E-state index in [0.717, 1.165) is 10.2 Å². The molecule has 0 N–H and O–H groups in total.